The average Bonchev–Trinajstić information content (AvgIpc) is 3.07. The lowest BCUT2D eigenvalue weighted by atomic mass is 9.43. The van der Waals surface area contributed by atoms with Gasteiger partial charge in [-0.25, -0.2) is 4.98 Å². The van der Waals surface area contributed by atoms with E-state index in [9.17, 15) is 9.90 Å². The summed E-state index contributed by atoms with van der Waals surface area (Å²) in [4.78, 5) is 22.6. The second-order valence-corrected chi connectivity index (χ2v) is 8.17. The van der Waals surface area contributed by atoms with Crippen molar-refractivity contribution in [2.75, 3.05) is 0 Å². The molecule has 0 bridgehead atoms. The molecule has 26 heavy (non-hydrogen) atoms. The number of H-pyrrole nitrogens is 1. The topological polar surface area (TPSA) is 69.2 Å². The second-order valence-electron chi connectivity index (χ2n) is 8.17. The van der Waals surface area contributed by atoms with E-state index in [-0.39, 0.29) is 17.4 Å². The number of nitrogens with zero attached hydrogens (tertiary/aromatic N) is 2. The lowest BCUT2D eigenvalue weighted by Gasteiger charge is -2.72. The summed E-state index contributed by atoms with van der Waals surface area (Å²) in [5.74, 6) is 0.973. The Balaban J connectivity index is 1.37. The first-order valence-corrected chi connectivity index (χ1v) is 9.14. The molecule has 1 saturated carbocycles. The highest BCUT2D eigenvalue weighted by molar-refractivity contribution is 5.98. The van der Waals surface area contributed by atoms with Crippen LogP contribution in [0, 0.1) is 5.92 Å². The fourth-order valence-corrected chi connectivity index (χ4v) is 5.76. The number of aromatic nitrogens is 2. The Kier molecular flexibility index (Phi) is 2.47. The summed E-state index contributed by atoms with van der Waals surface area (Å²) < 4.78 is 0. The van der Waals surface area contributed by atoms with Gasteiger partial charge in [-0.15, -0.1) is 0 Å². The SMILES string of the molecule is C[C@]12CC3[C@H]1[C@H](Cc1ccc(O)cc12)N3C(=O)c1ccc2nc[nH]c2c1. The van der Waals surface area contributed by atoms with Gasteiger partial charge in [0.15, 0.2) is 0 Å². The summed E-state index contributed by atoms with van der Waals surface area (Å²) in [5.41, 5.74) is 5.14. The van der Waals surface area contributed by atoms with E-state index in [1.165, 1.54) is 11.1 Å². The maximum absolute atomic E-state index is 13.2. The van der Waals surface area contributed by atoms with Crippen molar-refractivity contribution in [1.82, 2.24) is 14.9 Å². The van der Waals surface area contributed by atoms with E-state index in [2.05, 4.69) is 21.8 Å². The molecule has 3 aliphatic rings. The Bertz CT molecular complexity index is 1090. The largest absolute Gasteiger partial charge is 0.508 e. The van der Waals surface area contributed by atoms with E-state index in [0.717, 1.165) is 29.4 Å². The molecule has 2 heterocycles. The smallest absolute Gasteiger partial charge is 0.254 e. The van der Waals surface area contributed by atoms with Crippen molar-refractivity contribution in [2.45, 2.75) is 37.3 Å². The first-order chi connectivity index (χ1) is 12.6. The molecule has 0 spiro atoms. The van der Waals surface area contributed by atoms with Gasteiger partial charge in [-0.05, 0) is 54.3 Å². The molecule has 6 rings (SSSR count). The van der Waals surface area contributed by atoms with Crippen molar-refractivity contribution in [2.24, 2.45) is 5.92 Å². The standard InChI is InChI=1S/C21H19N3O2/c1-21-9-18-19(21)17(7-11-2-4-13(25)8-14(11)21)24(18)20(26)12-3-5-15-16(6-12)23-10-22-15/h2-6,8,10,17-19,25H,7,9H2,1H3,(H,22,23)/t17-,18?,19+,21+/m0/s1. The first kappa shape index (κ1) is 14.4. The molecule has 1 unspecified atom stereocenters. The molecule has 5 heteroatoms. The Morgan fingerprint density at radius 3 is 3.04 bits per heavy atom. The van der Waals surface area contributed by atoms with Crippen LogP contribution < -0.4 is 0 Å². The highest BCUT2D eigenvalue weighted by atomic mass is 16.3. The van der Waals surface area contributed by atoms with E-state index in [0.29, 0.717) is 17.7 Å². The van der Waals surface area contributed by atoms with Gasteiger partial charge >= 0.3 is 0 Å². The zero-order chi connectivity index (χ0) is 17.6. The molecule has 2 fully saturated rings. The molecule has 0 radical (unpaired) electrons. The summed E-state index contributed by atoms with van der Waals surface area (Å²) in [6.07, 6.45) is 3.51. The number of carbonyl (C=O) groups excluding carboxylic acids is 1. The number of hydrogen-bond acceptors (Lipinski definition) is 3. The van der Waals surface area contributed by atoms with Crippen LogP contribution >= 0.6 is 0 Å². The number of amides is 1. The van der Waals surface area contributed by atoms with Crippen molar-refractivity contribution in [3.63, 3.8) is 0 Å². The van der Waals surface area contributed by atoms with Crippen LogP contribution in [0.4, 0.5) is 0 Å². The minimum Gasteiger partial charge on any atom is -0.508 e. The van der Waals surface area contributed by atoms with E-state index in [4.69, 9.17) is 0 Å². The molecule has 1 saturated heterocycles. The van der Waals surface area contributed by atoms with Gasteiger partial charge in [0.05, 0.1) is 17.4 Å². The Labute approximate surface area is 150 Å². The van der Waals surface area contributed by atoms with Crippen LogP contribution in [-0.2, 0) is 11.8 Å². The number of piperidine rings is 1. The van der Waals surface area contributed by atoms with Crippen LogP contribution in [0.15, 0.2) is 42.7 Å². The minimum absolute atomic E-state index is 0.0891. The summed E-state index contributed by atoms with van der Waals surface area (Å²) in [6.45, 7) is 2.29. The first-order valence-electron chi connectivity index (χ1n) is 9.14. The molecule has 1 amide bonds. The molecule has 4 atom stereocenters. The zero-order valence-corrected chi connectivity index (χ0v) is 14.4. The molecule has 2 N–H and O–H groups in total. The van der Waals surface area contributed by atoms with Crippen LogP contribution in [0.2, 0.25) is 0 Å². The van der Waals surface area contributed by atoms with E-state index in [1.54, 1.807) is 12.4 Å². The minimum atomic E-state index is 0.0891. The van der Waals surface area contributed by atoms with Gasteiger partial charge in [-0.1, -0.05) is 13.0 Å². The summed E-state index contributed by atoms with van der Waals surface area (Å²) in [5, 5.41) is 9.89. The number of phenolic OH excluding ortho intramolecular Hbond substituents is 1. The number of carbonyl (C=O) groups is 1. The maximum Gasteiger partial charge on any atom is 0.254 e. The van der Waals surface area contributed by atoms with Crippen molar-refractivity contribution < 1.29 is 9.90 Å². The lowest BCUT2D eigenvalue weighted by molar-refractivity contribution is -0.155. The molecule has 1 aromatic heterocycles. The van der Waals surface area contributed by atoms with Crippen LogP contribution in [-0.4, -0.2) is 38.0 Å². The van der Waals surface area contributed by atoms with E-state index in [1.807, 2.05) is 30.3 Å². The third-order valence-electron chi connectivity index (χ3n) is 6.95. The number of aromatic amines is 1. The molecule has 2 aromatic carbocycles. The van der Waals surface area contributed by atoms with Crippen molar-refractivity contribution in [3.05, 3.63) is 59.4 Å². The summed E-state index contributed by atoms with van der Waals surface area (Å²) in [6, 6.07) is 12.0. The van der Waals surface area contributed by atoms with Crippen molar-refractivity contribution in [1.29, 1.82) is 0 Å². The number of benzene rings is 2. The third-order valence-corrected chi connectivity index (χ3v) is 6.95. The van der Waals surface area contributed by atoms with Gasteiger partial charge in [0.2, 0.25) is 0 Å². The van der Waals surface area contributed by atoms with Gasteiger partial charge in [0.1, 0.15) is 5.75 Å². The Morgan fingerprint density at radius 2 is 2.15 bits per heavy atom. The Hall–Kier alpha value is -2.82. The number of likely N-dealkylation sites (tertiary alicyclic amines) is 1. The molecular formula is C21H19N3O2. The molecule has 5 nitrogen and oxygen atoms in total. The quantitative estimate of drug-likeness (QED) is 0.712. The van der Waals surface area contributed by atoms with Crippen molar-refractivity contribution >= 4 is 16.9 Å². The zero-order valence-electron chi connectivity index (χ0n) is 14.4. The van der Waals surface area contributed by atoms with Gasteiger partial charge in [0, 0.05) is 29.0 Å². The molecule has 1 aliphatic heterocycles. The lowest BCUT2D eigenvalue weighted by Crippen LogP contribution is -2.80. The van der Waals surface area contributed by atoms with Gasteiger partial charge in [0.25, 0.3) is 5.91 Å². The molecular weight excluding hydrogens is 326 g/mol. The molecule has 130 valence electrons. The average molecular weight is 345 g/mol. The third kappa shape index (κ3) is 1.57. The molecule has 2 aliphatic carbocycles. The number of aromatic hydroxyl groups is 1. The van der Waals surface area contributed by atoms with Crippen LogP contribution in [0.1, 0.15) is 34.8 Å². The number of imidazole rings is 1. The second kappa shape index (κ2) is 4.47. The van der Waals surface area contributed by atoms with Crippen LogP contribution in [0.25, 0.3) is 11.0 Å². The van der Waals surface area contributed by atoms with Gasteiger partial charge in [-0.2, -0.15) is 0 Å². The fraction of sp³-hybridized carbons (Fsp3) is 0.333. The number of phenols is 1. The van der Waals surface area contributed by atoms with Crippen molar-refractivity contribution in [3.8, 4) is 5.75 Å². The van der Waals surface area contributed by atoms with Gasteiger partial charge in [-0.3, -0.25) is 4.79 Å². The van der Waals surface area contributed by atoms with E-state index >= 15 is 0 Å². The number of fused-ring (bicyclic) bond motifs is 3. The van der Waals surface area contributed by atoms with E-state index < -0.39 is 0 Å². The van der Waals surface area contributed by atoms with Crippen LogP contribution in [0.3, 0.4) is 0 Å². The maximum atomic E-state index is 13.2. The highest BCUT2D eigenvalue weighted by Crippen LogP contribution is 2.64. The summed E-state index contributed by atoms with van der Waals surface area (Å²) in [7, 11) is 0. The normalized spacial score (nSPS) is 31.0. The monoisotopic (exact) mass is 345 g/mol. The fourth-order valence-electron chi connectivity index (χ4n) is 5.76. The molecule has 3 aromatic rings. The predicted molar refractivity (Wildman–Crippen MR) is 97.1 cm³/mol. The van der Waals surface area contributed by atoms with Gasteiger partial charge < -0.3 is 15.0 Å². The number of hydrogen-bond donors (Lipinski definition) is 2. The predicted octanol–water partition coefficient (Wildman–Crippen LogP) is 3.00. The number of rotatable bonds is 1. The number of nitrogens with one attached hydrogen (secondary N) is 1. The summed E-state index contributed by atoms with van der Waals surface area (Å²) >= 11 is 0. The van der Waals surface area contributed by atoms with Crippen LogP contribution in [0.5, 0.6) is 5.75 Å². The Morgan fingerprint density at radius 1 is 1.27 bits per heavy atom. The highest BCUT2D eigenvalue weighted by Gasteiger charge is 2.69.